The zero-order chi connectivity index (χ0) is 25.2. The number of hydrogen-bond acceptors (Lipinski definition) is 7. The number of allylic oxidation sites excluding steroid dienone is 1. The molecule has 0 saturated heterocycles. The van der Waals surface area contributed by atoms with Crippen molar-refractivity contribution in [3.8, 4) is 28.7 Å². The Morgan fingerprint density at radius 1 is 0.714 bits per heavy atom. The fraction of sp³-hybridized carbons (Fsp3) is 0.179. The molecule has 0 aliphatic carbocycles. The molecule has 0 radical (unpaired) electrons. The van der Waals surface area contributed by atoms with Gasteiger partial charge in [0, 0.05) is 17.8 Å². The third kappa shape index (κ3) is 6.35. The Kier molecular flexibility index (Phi) is 8.78. The second-order valence-electron chi connectivity index (χ2n) is 7.33. The number of anilines is 1. The Balaban J connectivity index is 1.79. The fourth-order valence-corrected chi connectivity index (χ4v) is 3.41. The topological polar surface area (TPSA) is 75.3 Å². The van der Waals surface area contributed by atoms with E-state index in [1.807, 2.05) is 42.5 Å². The SMILES string of the molecule is COc1cccc(C(=O)/C=C\Nc2cc(/C=C\c3cc(OC)c(OC)c(OC)c3)ccc2OC)c1. The summed E-state index contributed by atoms with van der Waals surface area (Å²) < 4.78 is 26.9. The van der Waals surface area contributed by atoms with Gasteiger partial charge in [0.25, 0.3) is 0 Å². The third-order valence-electron chi connectivity index (χ3n) is 5.21. The summed E-state index contributed by atoms with van der Waals surface area (Å²) in [7, 11) is 7.89. The van der Waals surface area contributed by atoms with Gasteiger partial charge in [0.2, 0.25) is 5.75 Å². The number of benzene rings is 3. The quantitative estimate of drug-likeness (QED) is 0.216. The van der Waals surface area contributed by atoms with E-state index in [0.717, 1.165) is 11.1 Å². The lowest BCUT2D eigenvalue weighted by Crippen LogP contribution is -1.98. The standard InChI is InChI=1S/C28H29NO6/c1-31-22-8-6-7-21(18-22)24(30)13-14-29-23-15-19(11-12-25(23)32-2)9-10-20-16-26(33-3)28(35-5)27(17-20)34-4/h6-18,29H,1-5H3/b10-9-,14-13-. The minimum Gasteiger partial charge on any atom is -0.497 e. The van der Waals surface area contributed by atoms with Crippen LogP contribution in [0.25, 0.3) is 12.2 Å². The predicted octanol–water partition coefficient (Wildman–Crippen LogP) is 5.71. The number of ether oxygens (including phenoxy) is 5. The molecular formula is C28H29NO6. The number of methoxy groups -OCH3 is 5. The summed E-state index contributed by atoms with van der Waals surface area (Å²) >= 11 is 0. The molecule has 0 bridgehead atoms. The first kappa shape index (κ1) is 25.2. The molecule has 0 atom stereocenters. The molecule has 3 aromatic carbocycles. The molecule has 0 heterocycles. The zero-order valence-corrected chi connectivity index (χ0v) is 20.5. The van der Waals surface area contributed by atoms with Gasteiger partial charge in [0.15, 0.2) is 17.3 Å². The lowest BCUT2D eigenvalue weighted by atomic mass is 10.1. The van der Waals surface area contributed by atoms with Gasteiger partial charge in [0.1, 0.15) is 11.5 Å². The molecule has 35 heavy (non-hydrogen) atoms. The molecule has 0 aliphatic rings. The molecule has 0 aromatic heterocycles. The van der Waals surface area contributed by atoms with Crippen molar-refractivity contribution in [2.45, 2.75) is 0 Å². The van der Waals surface area contributed by atoms with Crippen LogP contribution < -0.4 is 29.0 Å². The minimum absolute atomic E-state index is 0.145. The van der Waals surface area contributed by atoms with E-state index in [9.17, 15) is 4.79 Å². The number of ketones is 1. The Labute approximate surface area is 205 Å². The van der Waals surface area contributed by atoms with Crippen LogP contribution in [0.15, 0.2) is 66.9 Å². The summed E-state index contributed by atoms with van der Waals surface area (Å²) in [5.41, 5.74) is 3.06. The van der Waals surface area contributed by atoms with Crippen molar-refractivity contribution in [3.05, 3.63) is 83.6 Å². The van der Waals surface area contributed by atoms with Gasteiger partial charge in [-0.2, -0.15) is 0 Å². The highest BCUT2D eigenvalue weighted by Gasteiger charge is 2.12. The molecule has 3 rings (SSSR count). The van der Waals surface area contributed by atoms with Crippen LogP contribution in [-0.2, 0) is 0 Å². The number of carbonyl (C=O) groups is 1. The first-order chi connectivity index (χ1) is 17.0. The second kappa shape index (κ2) is 12.2. The average molecular weight is 476 g/mol. The van der Waals surface area contributed by atoms with E-state index in [4.69, 9.17) is 23.7 Å². The normalized spacial score (nSPS) is 10.9. The Hall–Kier alpha value is -4.39. The Morgan fingerprint density at radius 2 is 1.40 bits per heavy atom. The molecule has 0 unspecified atom stereocenters. The molecule has 0 fully saturated rings. The predicted molar refractivity (Wildman–Crippen MR) is 138 cm³/mol. The zero-order valence-electron chi connectivity index (χ0n) is 20.5. The van der Waals surface area contributed by atoms with E-state index in [2.05, 4.69) is 5.32 Å². The average Bonchev–Trinajstić information content (AvgIpc) is 2.91. The molecule has 1 N–H and O–H groups in total. The molecule has 182 valence electrons. The first-order valence-electron chi connectivity index (χ1n) is 10.8. The van der Waals surface area contributed by atoms with E-state index in [1.165, 1.54) is 6.08 Å². The van der Waals surface area contributed by atoms with Gasteiger partial charge in [0.05, 0.1) is 41.2 Å². The van der Waals surface area contributed by atoms with Gasteiger partial charge >= 0.3 is 0 Å². The van der Waals surface area contributed by atoms with Gasteiger partial charge in [-0.3, -0.25) is 4.79 Å². The molecule has 0 aliphatic heterocycles. The van der Waals surface area contributed by atoms with Crippen LogP contribution in [0.2, 0.25) is 0 Å². The van der Waals surface area contributed by atoms with E-state index in [1.54, 1.807) is 66.0 Å². The van der Waals surface area contributed by atoms with Gasteiger partial charge < -0.3 is 29.0 Å². The molecule has 3 aromatic rings. The number of rotatable bonds is 11. The summed E-state index contributed by atoms with van der Waals surface area (Å²) in [4.78, 5) is 12.5. The molecule has 7 heteroatoms. The van der Waals surface area contributed by atoms with Gasteiger partial charge in [-0.05, 0) is 47.5 Å². The van der Waals surface area contributed by atoms with Crippen molar-refractivity contribution < 1.29 is 28.5 Å². The van der Waals surface area contributed by atoms with E-state index in [0.29, 0.717) is 40.0 Å². The van der Waals surface area contributed by atoms with Crippen molar-refractivity contribution in [2.24, 2.45) is 0 Å². The largest absolute Gasteiger partial charge is 0.497 e. The van der Waals surface area contributed by atoms with Gasteiger partial charge in [-0.1, -0.05) is 30.4 Å². The smallest absolute Gasteiger partial charge is 0.203 e. The maximum Gasteiger partial charge on any atom is 0.203 e. The van der Waals surface area contributed by atoms with Crippen molar-refractivity contribution in [1.29, 1.82) is 0 Å². The Morgan fingerprint density at radius 3 is 2.03 bits per heavy atom. The summed E-state index contributed by atoms with van der Waals surface area (Å²) in [6, 6.07) is 16.5. The number of hydrogen-bond donors (Lipinski definition) is 1. The molecule has 0 saturated carbocycles. The first-order valence-corrected chi connectivity index (χ1v) is 10.8. The van der Waals surface area contributed by atoms with Crippen LogP contribution in [-0.4, -0.2) is 41.3 Å². The van der Waals surface area contributed by atoms with Crippen molar-refractivity contribution in [2.75, 3.05) is 40.9 Å². The molecular weight excluding hydrogens is 446 g/mol. The van der Waals surface area contributed by atoms with E-state index in [-0.39, 0.29) is 5.78 Å². The second-order valence-corrected chi connectivity index (χ2v) is 7.33. The summed E-state index contributed by atoms with van der Waals surface area (Å²) in [5.74, 6) is 2.83. The van der Waals surface area contributed by atoms with E-state index < -0.39 is 0 Å². The molecule has 0 amide bonds. The van der Waals surface area contributed by atoms with Crippen molar-refractivity contribution in [1.82, 2.24) is 0 Å². The van der Waals surface area contributed by atoms with Crippen LogP contribution >= 0.6 is 0 Å². The lowest BCUT2D eigenvalue weighted by Gasteiger charge is -2.13. The third-order valence-corrected chi connectivity index (χ3v) is 5.21. The minimum atomic E-state index is -0.145. The van der Waals surface area contributed by atoms with Crippen molar-refractivity contribution >= 4 is 23.6 Å². The van der Waals surface area contributed by atoms with E-state index >= 15 is 0 Å². The van der Waals surface area contributed by atoms with Crippen LogP contribution in [0.1, 0.15) is 21.5 Å². The monoisotopic (exact) mass is 475 g/mol. The lowest BCUT2D eigenvalue weighted by molar-refractivity contribution is 0.104. The van der Waals surface area contributed by atoms with Gasteiger partial charge in [-0.25, -0.2) is 0 Å². The Bertz CT molecular complexity index is 1210. The highest BCUT2D eigenvalue weighted by Crippen LogP contribution is 2.38. The van der Waals surface area contributed by atoms with Crippen molar-refractivity contribution in [3.63, 3.8) is 0 Å². The van der Waals surface area contributed by atoms with Crippen LogP contribution in [0, 0.1) is 0 Å². The summed E-state index contributed by atoms with van der Waals surface area (Å²) in [5, 5.41) is 3.14. The van der Waals surface area contributed by atoms with Crippen LogP contribution in [0.3, 0.4) is 0 Å². The number of nitrogens with one attached hydrogen (secondary N) is 1. The van der Waals surface area contributed by atoms with Gasteiger partial charge in [-0.15, -0.1) is 0 Å². The summed E-state index contributed by atoms with van der Waals surface area (Å²) in [6.07, 6.45) is 6.95. The molecule has 0 spiro atoms. The maximum absolute atomic E-state index is 12.5. The highest BCUT2D eigenvalue weighted by atomic mass is 16.5. The van der Waals surface area contributed by atoms with Crippen LogP contribution in [0.5, 0.6) is 28.7 Å². The maximum atomic E-state index is 12.5. The summed E-state index contributed by atoms with van der Waals surface area (Å²) in [6.45, 7) is 0. The molecule has 7 nitrogen and oxygen atoms in total. The highest BCUT2D eigenvalue weighted by molar-refractivity contribution is 6.04. The number of carbonyl (C=O) groups excluding carboxylic acids is 1. The fourth-order valence-electron chi connectivity index (χ4n) is 3.41. The van der Waals surface area contributed by atoms with Crippen LogP contribution in [0.4, 0.5) is 5.69 Å².